The summed E-state index contributed by atoms with van der Waals surface area (Å²) in [5.74, 6) is -1.66. The first-order valence-electron chi connectivity index (χ1n) is 15.0. The molecule has 1 unspecified atom stereocenters. The van der Waals surface area contributed by atoms with E-state index in [9.17, 15) is 9.59 Å². The van der Waals surface area contributed by atoms with Gasteiger partial charge in [0.2, 0.25) is 0 Å². The van der Waals surface area contributed by atoms with Gasteiger partial charge in [0.25, 0.3) is 0 Å². The van der Waals surface area contributed by atoms with Crippen molar-refractivity contribution in [3.63, 3.8) is 0 Å². The van der Waals surface area contributed by atoms with E-state index in [0.717, 1.165) is 18.4 Å². The van der Waals surface area contributed by atoms with Gasteiger partial charge in [0, 0.05) is 47.4 Å². The molecule has 236 valence electrons. The predicted octanol–water partition coefficient (Wildman–Crippen LogP) is 2.43. The number of methoxy groups -OCH3 is 6. The van der Waals surface area contributed by atoms with Gasteiger partial charge in [0.05, 0.1) is 36.8 Å². The van der Waals surface area contributed by atoms with E-state index in [4.69, 9.17) is 42.6 Å². The molecule has 0 amide bonds. The summed E-state index contributed by atoms with van der Waals surface area (Å²) in [6.45, 7) is 6.56. The van der Waals surface area contributed by atoms with Gasteiger partial charge in [-0.3, -0.25) is 9.59 Å². The highest BCUT2D eigenvalue weighted by molar-refractivity contribution is 5.86. The fourth-order valence-electron chi connectivity index (χ4n) is 10.5. The first-order chi connectivity index (χ1) is 20.1. The van der Waals surface area contributed by atoms with Crippen LogP contribution in [0.5, 0.6) is 0 Å². The van der Waals surface area contributed by atoms with E-state index in [1.807, 2.05) is 6.92 Å². The minimum atomic E-state index is -1.12. The number of carbonyl (C=O) groups excluding carboxylic acids is 2. The molecule has 4 bridgehead atoms. The second kappa shape index (κ2) is 10.5. The summed E-state index contributed by atoms with van der Waals surface area (Å²) in [5.41, 5.74) is -1.83. The van der Waals surface area contributed by atoms with Gasteiger partial charge >= 0.3 is 11.9 Å². The maximum atomic E-state index is 14.1. The Morgan fingerprint density at radius 3 is 2.33 bits per heavy atom. The maximum absolute atomic E-state index is 14.1. The van der Waals surface area contributed by atoms with Crippen molar-refractivity contribution < 1.29 is 52.2 Å². The first-order valence-corrected chi connectivity index (χ1v) is 15.0. The van der Waals surface area contributed by atoms with Gasteiger partial charge in [-0.2, -0.15) is 0 Å². The molecule has 6 rings (SSSR count). The van der Waals surface area contributed by atoms with Crippen molar-refractivity contribution in [3.8, 4) is 0 Å². The van der Waals surface area contributed by atoms with Gasteiger partial charge in [-0.1, -0.05) is 6.58 Å². The summed E-state index contributed by atoms with van der Waals surface area (Å²) in [6, 6.07) is 0. The van der Waals surface area contributed by atoms with Crippen LogP contribution in [0.2, 0.25) is 0 Å². The molecular weight excluding hydrogens is 548 g/mol. The van der Waals surface area contributed by atoms with Crippen LogP contribution in [-0.2, 0) is 52.2 Å². The van der Waals surface area contributed by atoms with E-state index >= 15 is 0 Å². The molecule has 6 aliphatic rings. The summed E-state index contributed by atoms with van der Waals surface area (Å²) < 4.78 is 54.1. The maximum Gasteiger partial charge on any atom is 0.315 e. The smallest absolute Gasteiger partial charge is 0.315 e. The SMILES string of the molecule is C=C1C[C@]23C[C@@]1(OC)CC[C@H]2[C@@]12CC[C@H](O[C@@H]4O[C@H](COC)[C@@H](OC)[C@H](OC)[C@H]4OC)C(C)(C(=O)O1)[C@H]2[C@@H]3C(=O)OC. The average molecular weight is 595 g/mol. The fourth-order valence-corrected chi connectivity index (χ4v) is 10.5. The minimum absolute atomic E-state index is 0.00239. The van der Waals surface area contributed by atoms with Gasteiger partial charge in [0.1, 0.15) is 30.0 Å². The zero-order valence-electron chi connectivity index (χ0n) is 25.8. The quantitative estimate of drug-likeness (QED) is 0.289. The van der Waals surface area contributed by atoms with Crippen molar-refractivity contribution in [3.05, 3.63) is 12.2 Å². The van der Waals surface area contributed by atoms with E-state index in [-0.39, 0.29) is 24.5 Å². The molecule has 0 aromatic carbocycles. The average Bonchev–Trinajstić information content (AvgIpc) is 3.43. The Hall–Kier alpha value is -1.60. The van der Waals surface area contributed by atoms with Crippen LogP contribution in [0, 0.1) is 28.6 Å². The second-order valence-electron chi connectivity index (χ2n) is 13.3. The van der Waals surface area contributed by atoms with Crippen molar-refractivity contribution in [2.45, 2.75) is 93.5 Å². The van der Waals surface area contributed by atoms with Crippen LogP contribution in [0.25, 0.3) is 0 Å². The summed E-state index contributed by atoms with van der Waals surface area (Å²) >= 11 is 0. The monoisotopic (exact) mass is 594 g/mol. The molecule has 13 atom stereocenters. The Bertz CT molecular complexity index is 1110. The molecule has 4 saturated carbocycles. The highest BCUT2D eigenvalue weighted by Gasteiger charge is 2.85. The number of hydrogen-bond acceptors (Lipinski definition) is 11. The zero-order valence-corrected chi connectivity index (χ0v) is 25.8. The van der Waals surface area contributed by atoms with Crippen LogP contribution in [-0.4, -0.2) is 109 Å². The molecule has 1 spiro atoms. The van der Waals surface area contributed by atoms with E-state index in [1.165, 1.54) is 7.11 Å². The topological polar surface area (TPSA) is 117 Å². The van der Waals surface area contributed by atoms with Gasteiger partial charge < -0.3 is 42.6 Å². The van der Waals surface area contributed by atoms with Gasteiger partial charge in [-0.05, 0) is 56.4 Å². The third-order valence-corrected chi connectivity index (χ3v) is 12.1. The van der Waals surface area contributed by atoms with E-state index in [1.54, 1.807) is 35.5 Å². The zero-order chi connectivity index (χ0) is 30.2. The Balaban J connectivity index is 1.39. The Morgan fingerprint density at radius 2 is 1.71 bits per heavy atom. The van der Waals surface area contributed by atoms with Crippen LogP contribution in [0.1, 0.15) is 45.4 Å². The molecule has 6 fully saturated rings. The lowest BCUT2D eigenvalue weighted by molar-refractivity contribution is -0.331. The molecule has 0 radical (unpaired) electrons. The van der Waals surface area contributed by atoms with Gasteiger partial charge in [-0.25, -0.2) is 0 Å². The number of carbonyl (C=O) groups is 2. The Morgan fingerprint density at radius 1 is 1.00 bits per heavy atom. The number of fused-ring (bicyclic) bond motifs is 1. The molecule has 2 heterocycles. The van der Waals surface area contributed by atoms with Crippen LogP contribution >= 0.6 is 0 Å². The predicted molar refractivity (Wildman–Crippen MR) is 146 cm³/mol. The molecule has 11 heteroatoms. The summed E-state index contributed by atoms with van der Waals surface area (Å²) in [7, 11) is 9.49. The summed E-state index contributed by atoms with van der Waals surface area (Å²) in [5, 5.41) is 0. The normalized spacial score (nSPS) is 50.8. The van der Waals surface area contributed by atoms with Gasteiger partial charge in [0.15, 0.2) is 6.29 Å². The van der Waals surface area contributed by atoms with Crippen molar-refractivity contribution in [2.24, 2.45) is 28.6 Å². The number of rotatable bonds is 9. The van der Waals surface area contributed by atoms with Crippen molar-refractivity contribution in [2.75, 3.05) is 49.3 Å². The first kappa shape index (κ1) is 30.4. The second-order valence-corrected chi connectivity index (χ2v) is 13.3. The van der Waals surface area contributed by atoms with Crippen LogP contribution in [0.15, 0.2) is 12.2 Å². The molecule has 0 N–H and O–H groups in total. The van der Waals surface area contributed by atoms with Crippen LogP contribution < -0.4 is 0 Å². The highest BCUT2D eigenvalue weighted by Crippen LogP contribution is 2.79. The highest BCUT2D eigenvalue weighted by atomic mass is 16.7. The van der Waals surface area contributed by atoms with Crippen molar-refractivity contribution in [1.82, 2.24) is 0 Å². The van der Waals surface area contributed by atoms with E-state index in [2.05, 4.69) is 6.58 Å². The Labute approximate surface area is 247 Å². The molecule has 2 saturated heterocycles. The van der Waals surface area contributed by atoms with E-state index in [0.29, 0.717) is 25.7 Å². The number of ether oxygens (including phenoxy) is 9. The third kappa shape index (κ3) is 3.71. The number of hydrogen-bond donors (Lipinski definition) is 0. The molecular formula is C31H46O11. The van der Waals surface area contributed by atoms with Crippen molar-refractivity contribution >= 4 is 11.9 Å². The Kier molecular flexibility index (Phi) is 7.60. The lowest BCUT2D eigenvalue weighted by Gasteiger charge is -2.49. The number of esters is 2. The molecule has 4 aliphatic carbocycles. The molecule has 0 aromatic heterocycles. The minimum Gasteiger partial charge on any atom is -0.469 e. The molecule has 0 aromatic rings. The summed E-state index contributed by atoms with van der Waals surface area (Å²) in [6.07, 6.45) is 0.463. The lowest BCUT2D eigenvalue weighted by atomic mass is 9.58. The lowest BCUT2D eigenvalue weighted by Crippen LogP contribution is -2.63. The fraction of sp³-hybridized carbons (Fsp3) is 0.871. The van der Waals surface area contributed by atoms with Crippen molar-refractivity contribution in [1.29, 1.82) is 0 Å². The van der Waals surface area contributed by atoms with Crippen LogP contribution in [0.3, 0.4) is 0 Å². The third-order valence-electron chi connectivity index (χ3n) is 12.1. The van der Waals surface area contributed by atoms with Crippen LogP contribution in [0.4, 0.5) is 0 Å². The summed E-state index contributed by atoms with van der Waals surface area (Å²) in [4.78, 5) is 27.9. The van der Waals surface area contributed by atoms with Gasteiger partial charge in [-0.15, -0.1) is 0 Å². The standard InChI is InChI=1S/C31H46O11/c1-16-13-29-15-30(16,39-8)11-9-18(29)31-12-10-19(28(2,27(33)42-31)24(31)20(29)25(32)38-7)41-26-23(37-6)22(36-5)21(35-4)17(40-26)14-34-3/h17-24,26H,1,9-15H2,2-8H3/t17-,18-,19+,20-,21-,22+,23-,24-,26+,28?,29+,30+,31-/m1/s1. The molecule has 42 heavy (non-hydrogen) atoms. The largest absolute Gasteiger partial charge is 0.469 e. The molecule has 2 aliphatic heterocycles. The molecule has 11 nitrogen and oxygen atoms in total. The van der Waals surface area contributed by atoms with E-state index < -0.39 is 70.7 Å².